The fourth-order valence-corrected chi connectivity index (χ4v) is 1.13. The normalized spacial score (nSPS) is 9.36. The van der Waals surface area contributed by atoms with Crippen molar-refractivity contribution in [1.29, 1.82) is 0 Å². The third-order valence-corrected chi connectivity index (χ3v) is 1.75. The maximum Gasteiger partial charge on any atom is 0.155 e. The Kier molecular flexibility index (Phi) is 3.40. The van der Waals surface area contributed by atoms with Crippen LogP contribution in [-0.4, -0.2) is 4.98 Å². The molecular formula is C11H13FN2. The molecule has 0 bridgehead atoms. The van der Waals surface area contributed by atoms with Gasteiger partial charge in [-0.05, 0) is 24.3 Å². The Morgan fingerprint density at radius 1 is 1.21 bits per heavy atom. The summed E-state index contributed by atoms with van der Waals surface area (Å²) >= 11 is 0. The maximum absolute atomic E-state index is 13.2. The lowest BCUT2D eigenvalue weighted by atomic mass is 10.2. The quantitative estimate of drug-likeness (QED) is 0.652. The van der Waals surface area contributed by atoms with E-state index in [0.717, 1.165) is 0 Å². The number of aromatic nitrogens is 1. The standard InChI is InChI=1S/C9H7FN2.C2H6/c10-9-6-2-1-5-12-8(6)4-3-7(9)11;1-2/h1-5H,11H2;1-2H3. The van der Waals surface area contributed by atoms with E-state index in [4.69, 9.17) is 5.73 Å². The Hall–Kier alpha value is -1.64. The van der Waals surface area contributed by atoms with Crippen LogP contribution in [0.3, 0.4) is 0 Å². The number of benzene rings is 1. The van der Waals surface area contributed by atoms with Gasteiger partial charge < -0.3 is 5.73 Å². The molecule has 2 nitrogen and oxygen atoms in total. The first-order valence-corrected chi connectivity index (χ1v) is 4.58. The van der Waals surface area contributed by atoms with Crippen molar-refractivity contribution < 1.29 is 4.39 Å². The van der Waals surface area contributed by atoms with E-state index in [-0.39, 0.29) is 11.5 Å². The van der Waals surface area contributed by atoms with E-state index >= 15 is 0 Å². The minimum Gasteiger partial charge on any atom is -0.396 e. The molecule has 14 heavy (non-hydrogen) atoms. The van der Waals surface area contributed by atoms with Crippen LogP contribution in [-0.2, 0) is 0 Å². The summed E-state index contributed by atoms with van der Waals surface area (Å²) in [6, 6.07) is 6.57. The van der Waals surface area contributed by atoms with Crippen LogP contribution >= 0.6 is 0 Å². The van der Waals surface area contributed by atoms with Gasteiger partial charge in [0.15, 0.2) is 5.82 Å². The molecule has 1 heterocycles. The molecule has 0 amide bonds. The molecule has 74 valence electrons. The van der Waals surface area contributed by atoms with Gasteiger partial charge in [-0.2, -0.15) is 0 Å². The number of rotatable bonds is 0. The van der Waals surface area contributed by atoms with Gasteiger partial charge in [0.05, 0.1) is 11.2 Å². The molecule has 0 atom stereocenters. The van der Waals surface area contributed by atoms with Gasteiger partial charge in [0.25, 0.3) is 0 Å². The maximum atomic E-state index is 13.2. The number of anilines is 1. The molecule has 2 N–H and O–H groups in total. The van der Waals surface area contributed by atoms with Gasteiger partial charge in [-0.3, -0.25) is 4.98 Å². The van der Waals surface area contributed by atoms with Gasteiger partial charge >= 0.3 is 0 Å². The van der Waals surface area contributed by atoms with Crippen LogP contribution in [0.5, 0.6) is 0 Å². The van der Waals surface area contributed by atoms with Gasteiger partial charge in [0.1, 0.15) is 0 Å². The number of hydrogen-bond acceptors (Lipinski definition) is 2. The molecule has 0 aliphatic rings. The lowest BCUT2D eigenvalue weighted by molar-refractivity contribution is 0.644. The summed E-state index contributed by atoms with van der Waals surface area (Å²) in [5, 5.41) is 0.470. The summed E-state index contributed by atoms with van der Waals surface area (Å²) < 4.78 is 13.2. The number of fused-ring (bicyclic) bond motifs is 1. The van der Waals surface area contributed by atoms with Crippen LogP contribution in [0, 0.1) is 5.82 Å². The Bertz CT molecular complexity index is 427. The van der Waals surface area contributed by atoms with Crippen molar-refractivity contribution in [3.63, 3.8) is 0 Å². The smallest absolute Gasteiger partial charge is 0.155 e. The Balaban J connectivity index is 0.000000461. The fraction of sp³-hybridized carbons (Fsp3) is 0.182. The highest BCUT2D eigenvalue weighted by molar-refractivity contribution is 5.82. The van der Waals surface area contributed by atoms with Gasteiger partial charge in [-0.25, -0.2) is 4.39 Å². The highest BCUT2D eigenvalue weighted by Crippen LogP contribution is 2.19. The van der Waals surface area contributed by atoms with Crippen molar-refractivity contribution >= 4 is 16.6 Å². The molecule has 1 aromatic carbocycles. The summed E-state index contributed by atoms with van der Waals surface area (Å²) in [5.41, 5.74) is 6.17. The third kappa shape index (κ3) is 1.82. The first-order chi connectivity index (χ1) is 6.79. The molecule has 0 saturated carbocycles. The Morgan fingerprint density at radius 3 is 2.64 bits per heavy atom. The van der Waals surface area contributed by atoms with E-state index in [1.165, 1.54) is 6.07 Å². The van der Waals surface area contributed by atoms with E-state index < -0.39 is 0 Å². The number of halogens is 1. The molecule has 0 spiro atoms. The first kappa shape index (κ1) is 10.4. The molecule has 0 unspecified atom stereocenters. The van der Waals surface area contributed by atoms with E-state index in [1.807, 2.05) is 13.8 Å². The predicted octanol–water partition coefficient (Wildman–Crippen LogP) is 2.98. The zero-order valence-corrected chi connectivity index (χ0v) is 8.29. The van der Waals surface area contributed by atoms with Crippen molar-refractivity contribution in [3.05, 3.63) is 36.3 Å². The summed E-state index contributed by atoms with van der Waals surface area (Å²) in [6.45, 7) is 4.00. The zero-order chi connectivity index (χ0) is 10.6. The number of hydrogen-bond donors (Lipinski definition) is 1. The van der Waals surface area contributed by atoms with Crippen LogP contribution in [0.4, 0.5) is 10.1 Å². The number of pyridine rings is 1. The molecule has 0 aliphatic carbocycles. The highest BCUT2D eigenvalue weighted by atomic mass is 19.1. The molecule has 0 fully saturated rings. The first-order valence-electron chi connectivity index (χ1n) is 4.58. The van der Waals surface area contributed by atoms with Crippen LogP contribution in [0.2, 0.25) is 0 Å². The minimum absolute atomic E-state index is 0.163. The van der Waals surface area contributed by atoms with Crippen LogP contribution in [0.15, 0.2) is 30.5 Å². The number of nitrogen functional groups attached to an aromatic ring is 1. The monoisotopic (exact) mass is 192 g/mol. The lowest BCUT2D eigenvalue weighted by Crippen LogP contribution is -1.91. The summed E-state index contributed by atoms with van der Waals surface area (Å²) in [4.78, 5) is 3.99. The van der Waals surface area contributed by atoms with Crippen LogP contribution < -0.4 is 5.73 Å². The molecular weight excluding hydrogens is 179 g/mol. The highest BCUT2D eigenvalue weighted by Gasteiger charge is 2.03. The Labute approximate surface area is 82.6 Å². The van der Waals surface area contributed by atoms with Crippen molar-refractivity contribution in [3.8, 4) is 0 Å². The fourth-order valence-electron chi connectivity index (χ4n) is 1.13. The van der Waals surface area contributed by atoms with Gasteiger partial charge in [0, 0.05) is 11.6 Å². The van der Waals surface area contributed by atoms with Crippen molar-refractivity contribution in [1.82, 2.24) is 4.98 Å². The average molecular weight is 192 g/mol. The lowest BCUT2D eigenvalue weighted by Gasteiger charge is -1.99. The van der Waals surface area contributed by atoms with E-state index in [9.17, 15) is 4.39 Å². The van der Waals surface area contributed by atoms with Gasteiger partial charge in [-0.15, -0.1) is 0 Å². The molecule has 3 heteroatoms. The van der Waals surface area contributed by atoms with Gasteiger partial charge in [-0.1, -0.05) is 13.8 Å². The van der Waals surface area contributed by atoms with Gasteiger partial charge in [0.2, 0.25) is 0 Å². The molecule has 0 radical (unpaired) electrons. The summed E-state index contributed by atoms with van der Waals surface area (Å²) in [6.07, 6.45) is 1.62. The molecule has 1 aromatic heterocycles. The van der Waals surface area contributed by atoms with E-state index in [1.54, 1.807) is 24.4 Å². The zero-order valence-electron chi connectivity index (χ0n) is 8.29. The largest absolute Gasteiger partial charge is 0.396 e. The van der Waals surface area contributed by atoms with E-state index in [2.05, 4.69) is 4.98 Å². The second-order valence-electron chi connectivity index (χ2n) is 2.54. The van der Waals surface area contributed by atoms with Crippen molar-refractivity contribution in [2.24, 2.45) is 0 Å². The average Bonchev–Trinajstić information content (AvgIpc) is 2.27. The SMILES string of the molecule is CC.Nc1ccc2ncccc2c1F. The third-order valence-electron chi connectivity index (χ3n) is 1.75. The Morgan fingerprint density at radius 2 is 1.93 bits per heavy atom. The van der Waals surface area contributed by atoms with Crippen molar-refractivity contribution in [2.45, 2.75) is 13.8 Å². The number of nitrogens with two attached hydrogens (primary N) is 1. The van der Waals surface area contributed by atoms with Crippen LogP contribution in [0.25, 0.3) is 10.9 Å². The second kappa shape index (κ2) is 4.56. The molecule has 2 aromatic rings. The van der Waals surface area contributed by atoms with E-state index in [0.29, 0.717) is 10.9 Å². The number of nitrogens with zero attached hydrogens (tertiary/aromatic N) is 1. The molecule has 0 aliphatic heterocycles. The summed E-state index contributed by atoms with van der Waals surface area (Å²) in [7, 11) is 0. The molecule has 2 rings (SSSR count). The van der Waals surface area contributed by atoms with Crippen LogP contribution in [0.1, 0.15) is 13.8 Å². The predicted molar refractivity (Wildman–Crippen MR) is 57.5 cm³/mol. The topological polar surface area (TPSA) is 38.9 Å². The van der Waals surface area contributed by atoms with Crippen molar-refractivity contribution in [2.75, 3.05) is 5.73 Å². The summed E-state index contributed by atoms with van der Waals surface area (Å²) in [5.74, 6) is -0.388. The second-order valence-corrected chi connectivity index (χ2v) is 2.54. The molecule has 0 saturated heterocycles. The minimum atomic E-state index is -0.388.